The molecule has 1 heterocycles. The molecule has 0 saturated carbocycles. The number of benzene rings is 1. The number of hydrogen-bond acceptors (Lipinski definition) is 2. The van der Waals surface area contributed by atoms with Gasteiger partial charge in [-0.2, -0.15) is 0 Å². The summed E-state index contributed by atoms with van der Waals surface area (Å²) in [6, 6.07) is 6.26. The lowest BCUT2D eigenvalue weighted by atomic mass is 9.94. The van der Waals surface area contributed by atoms with Gasteiger partial charge in [0.1, 0.15) is 5.82 Å². The van der Waals surface area contributed by atoms with Crippen LogP contribution in [-0.2, 0) is 0 Å². The summed E-state index contributed by atoms with van der Waals surface area (Å²) in [5, 5.41) is 2.27. The minimum atomic E-state index is 0.545. The Bertz CT molecular complexity index is 501. The van der Waals surface area contributed by atoms with Crippen molar-refractivity contribution in [2.45, 2.75) is 26.7 Å². The van der Waals surface area contributed by atoms with E-state index in [1.807, 2.05) is 6.07 Å². The third-order valence-corrected chi connectivity index (χ3v) is 2.91. The van der Waals surface area contributed by atoms with Crippen molar-refractivity contribution in [3.63, 3.8) is 0 Å². The molecule has 0 spiro atoms. The molecule has 0 saturated heterocycles. The van der Waals surface area contributed by atoms with E-state index in [0.717, 1.165) is 5.39 Å². The average Bonchev–Trinajstić information content (AvgIpc) is 2.19. The minimum Gasteiger partial charge on any atom is -0.383 e. The maximum Gasteiger partial charge on any atom is 0.131 e. The predicted molar refractivity (Wildman–Crippen MR) is 65.0 cm³/mol. The molecule has 2 heteroatoms. The van der Waals surface area contributed by atoms with Gasteiger partial charge >= 0.3 is 0 Å². The largest absolute Gasteiger partial charge is 0.383 e. The summed E-state index contributed by atoms with van der Waals surface area (Å²) in [4.78, 5) is 4.10. The Morgan fingerprint density at radius 1 is 1.13 bits per heavy atom. The summed E-state index contributed by atoms with van der Waals surface area (Å²) in [5.74, 6) is 1.16. The van der Waals surface area contributed by atoms with Crippen LogP contribution in [0.1, 0.15) is 30.9 Å². The van der Waals surface area contributed by atoms with Crippen molar-refractivity contribution in [3.8, 4) is 0 Å². The Balaban J connectivity index is 2.80. The minimum absolute atomic E-state index is 0.545. The van der Waals surface area contributed by atoms with Crippen LogP contribution in [0.3, 0.4) is 0 Å². The molecular weight excluding hydrogens is 184 g/mol. The summed E-state index contributed by atoms with van der Waals surface area (Å²) in [5.41, 5.74) is 8.54. The number of rotatable bonds is 1. The van der Waals surface area contributed by atoms with Crippen LogP contribution in [-0.4, -0.2) is 4.98 Å². The number of fused-ring (bicyclic) bond motifs is 1. The van der Waals surface area contributed by atoms with Gasteiger partial charge in [0.15, 0.2) is 0 Å². The van der Waals surface area contributed by atoms with E-state index in [1.54, 1.807) is 6.20 Å². The first-order valence-corrected chi connectivity index (χ1v) is 5.25. The first-order chi connectivity index (χ1) is 7.11. The first kappa shape index (κ1) is 9.97. The molecule has 0 aliphatic rings. The molecule has 15 heavy (non-hydrogen) atoms. The monoisotopic (exact) mass is 200 g/mol. The van der Waals surface area contributed by atoms with Gasteiger partial charge in [-0.05, 0) is 35.4 Å². The predicted octanol–water partition coefficient (Wildman–Crippen LogP) is 3.25. The van der Waals surface area contributed by atoms with Crippen LogP contribution in [0.25, 0.3) is 10.8 Å². The number of nitrogens with two attached hydrogens (primary N) is 1. The van der Waals surface area contributed by atoms with Gasteiger partial charge in [-0.1, -0.05) is 26.0 Å². The fourth-order valence-corrected chi connectivity index (χ4v) is 2.07. The molecular formula is C13H16N2. The normalized spacial score (nSPS) is 11.2. The van der Waals surface area contributed by atoms with E-state index < -0.39 is 0 Å². The Morgan fingerprint density at radius 2 is 1.87 bits per heavy atom. The molecule has 0 aliphatic carbocycles. The fourth-order valence-electron chi connectivity index (χ4n) is 2.07. The maximum absolute atomic E-state index is 5.84. The van der Waals surface area contributed by atoms with Crippen molar-refractivity contribution in [1.82, 2.24) is 4.98 Å². The van der Waals surface area contributed by atoms with Gasteiger partial charge in [-0.3, -0.25) is 0 Å². The lowest BCUT2D eigenvalue weighted by molar-refractivity contribution is 0.859. The number of anilines is 1. The number of nitrogen functional groups attached to an aromatic ring is 1. The molecule has 0 radical (unpaired) electrons. The van der Waals surface area contributed by atoms with Gasteiger partial charge in [0.25, 0.3) is 0 Å². The molecule has 0 fully saturated rings. The highest BCUT2D eigenvalue weighted by molar-refractivity contribution is 5.93. The first-order valence-electron chi connectivity index (χ1n) is 5.25. The molecule has 78 valence electrons. The van der Waals surface area contributed by atoms with E-state index in [2.05, 4.69) is 37.9 Å². The van der Waals surface area contributed by atoms with Gasteiger partial charge < -0.3 is 5.73 Å². The zero-order valence-corrected chi connectivity index (χ0v) is 9.41. The lowest BCUT2D eigenvalue weighted by Crippen LogP contribution is -1.96. The third-order valence-electron chi connectivity index (χ3n) is 2.91. The standard InChI is InChI=1S/C13H16N2/c1-8(2)10-4-5-12-11(9(10)3)6-7-15-13(12)14/h4-8H,1-3H3,(H2,14,15). The SMILES string of the molecule is Cc1c(C(C)C)ccc2c(N)nccc12. The zero-order valence-electron chi connectivity index (χ0n) is 9.41. The summed E-state index contributed by atoms with van der Waals surface area (Å²) >= 11 is 0. The lowest BCUT2D eigenvalue weighted by Gasteiger charge is -2.12. The van der Waals surface area contributed by atoms with Gasteiger partial charge in [0.05, 0.1) is 0 Å². The second-order valence-electron chi connectivity index (χ2n) is 4.23. The number of pyridine rings is 1. The van der Waals surface area contributed by atoms with Crippen molar-refractivity contribution in [3.05, 3.63) is 35.5 Å². The number of hydrogen-bond donors (Lipinski definition) is 1. The van der Waals surface area contributed by atoms with Crippen LogP contribution in [0, 0.1) is 6.92 Å². The Labute approximate surface area is 90.1 Å². The highest BCUT2D eigenvalue weighted by atomic mass is 14.8. The molecule has 1 aromatic heterocycles. The zero-order chi connectivity index (χ0) is 11.0. The summed E-state index contributed by atoms with van der Waals surface area (Å²) in [6.45, 7) is 6.56. The van der Waals surface area contributed by atoms with Crippen LogP contribution in [0.2, 0.25) is 0 Å². The quantitative estimate of drug-likeness (QED) is 0.767. The molecule has 0 bridgehead atoms. The maximum atomic E-state index is 5.84. The van der Waals surface area contributed by atoms with Crippen LogP contribution in [0.15, 0.2) is 24.4 Å². The van der Waals surface area contributed by atoms with Crippen molar-refractivity contribution in [2.24, 2.45) is 0 Å². The van der Waals surface area contributed by atoms with Crippen molar-refractivity contribution < 1.29 is 0 Å². The molecule has 0 amide bonds. The molecule has 2 aromatic rings. The van der Waals surface area contributed by atoms with Gasteiger partial charge in [0, 0.05) is 11.6 Å². The molecule has 2 rings (SSSR count). The van der Waals surface area contributed by atoms with Crippen LogP contribution in [0.4, 0.5) is 5.82 Å². The number of aromatic nitrogens is 1. The molecule has 0 unspecified atom stereocenters. The number of aryl methyl sites for hydroxylation is 1. The van der Waals surface area contributed by atoms with Crippen molar-refractivity contribution in [2.75, 3.05) is 5.73 Å². The smallest absolute Gasteiger partial charge is 0.131 e. The molecule has 0 atom stereocenters. The van der Waals surface area contributed by atoms with E-state index in [-0.39, 0.29) is 0 Å². The molecule has 0 aliphatic heterocycles. The van der Waals surface area contributed by atoms with Crippen LogP contribution in [0.5, 0.6) is 0 Å². The Kier molecular flexibility index (Phi) is 2.35. The fraction of sp³-hybridized carbons (Fsp3) is 0.308. The van der Waals surface area contributed by atoms with E-state index >= 15 is 0 Å². The Morgan fingerprint density at radius 3 is 2.53 bits per heavy atom. The second-order valence-corrected chi connectivity index (χ2v) is 4.23. The average molecular weight is 200 g/mol. The Hall–Kier alpha value is -1.57. The van der Waals surface area contributed by atoms with Gasteiger partial charge in [0.2, 0.25) is 0 Å². The summed E-state index contributed by atoms with van der Waals surface area (Å²) in [6.07, 6.45) is 1.77. The van der Waals surface area contributed by atoms with E-state index in [9.17, 15) is 0 Å². The van der Waals surface area contributed by atoms with E-state index in [0.29, 0.717) is 11.7 Å². The summed E-state index contributed by atoms with van der Waals surface area (Å²) in [7, 11) is 0. The molecule has 1 aromatic carbocycles. The molecule has 2 N–H and O–H groups in total. The summed E-state index contributed by atoms with van der Waals surface area (Å²) < 4.78 is 0. The van der Waals surface area contributed by atoms with Crippen LogP contribution >= 0.6 is 0 Å². The topological polar surface area (TPSA) is 38.9 Å². The van der Waals surface area contributed by atoms with Crippen molar-refractivity contribution >= 4 is 16.6 Å². The van der Waals surface area contributed by atoms with E-state index in [1.165, 1.54) is 16.5 Å². The third kappa shape index (κ3) is 1.56. The molecule has 2 nitrogen and oxygen atoms in total. The van der Waals surface area contributed by atoms with E-state index in [4.69, 9.17) is 5.73 Å². The van der Waals surface area contributed by atoms with Crippen LogP contribution < -0.4 is 5.73 Å². The van der Waals surface area contributed by atoms with Gasteiger partial charge in [-0.15, -0.1) is 0 Å². The number of nitrogens with zero attached hydrogens (tertiary/aromatic N) is 1. The van der Waals surface area contributed by atoms with Crippen molar-refractivity contribution in [1.29, 1.82) is 0 Å². The highest BCUT2D eigenvalue weighted by Gasteiger charge is 2.08. The highest BCUT2D eigenvalue weighted by Crippen LogP contribution is 2.28. The van der Waals surface area contributed by atoms with Gasteiger partial charge in [-0.25, -0.2) is 4.98 Å². The second kappa shape index (κ2) is 3.54.